The van der Waals surface area contributed by atoms with E-state index in [1.54, 1.807) is 0 Å². The summed E-state index contributed by atoms with van der Waals surface area (Å²) in [6.07, 6.45) is 8.38. The van der Waals surface area contributed by atoms with E-state index in [1.165, 1.54) is 32.4 Å². The predicted octanol–water partition coefficient (Wildman–Crippen LogP) is 2.20. The van der Waals surface area contributed by atoms with Gasteiger partial charge in [0.25, 0.3) is 0 Å². The van der Waals surface area contributed by atoms with Gasteiger partial charge < -0.3 is 14.4 Å². The van der Waals surface area contributed by atoms with Crippen molar-refractivity contribution in [2.75, 3.05) is 39.3 Å². The van der Waals surface area contributed by atoms with Gasteiger partial charge in [0, 0.05) is 39.1 Å². The standard InChI is InChI=1S/C19H32N6O/c1-22-17(15-23-9-3-2-4-10-23)20-21-18(22)16-8-7-13-25(14-16)19(26)24-11-5-6-12-24/h16H,2-15H2,1H3. The highest BCUT2D eigenvalue weighted by molar-refractivity contribution is 5.74. The van der Waals surface area contributed by atoms with Crippen molar-refractivity contribution in [3.8, 4) is 0 Å². The fourth-order valence-corrected chi connectivity index (χ4v) is 4.66. The number of likely N-dealkylation sites (tertiary alicyclic amines) is 3. The van der Waals surface area contributed by atoms with Gasteiger partial charge in [-0.15, -0.1) is 10.2 Å². The summed E-state index contributed by atoms with van der Waals surface area (Å²) in [6.45, 7) is 6.74. The Balaban J connectivity index is 1.41. The molecule has 3 aliphatic heterocycles. The van der Waals surface area contributed by atoms with Crippen LogP contribution in [0.3, 0.4) is 0 Å². The summed E-state index contributed by atoms with van der Waals surface area (Å²) in [4.78, 5) is 19.3. The Hall–Kier alpha value is -1.63. The van der Waals surface area contributed by atoms with E-state index in [4.69, 9.17) is 0 Å². The predicted molar refractivity (Wildman–Crippen MR) is 99.9 cm³/mol. The molecule has 7 heteroatoms. The van der Waals surface area contributed by atoms with Gasteiger partial charge in [0.2, 0.25) is 0 Å². The van der Waals surface area contributed by atoms with Crippen LogP contribution in [0.5, 0.6) is 0 Å². The highest BCUT2D eigenvalue weighted by atomic mass is 16.2. The van der Waals surface area contributed by atoms with Crippen molar-refractivity contribution in [2.24, 2.45) is 7.05 Å². The molecule has 3 saturated heterocycles. The van der Waals surface area contributed by atoms with Crippen molar-refractivity contribution in [3.63, 3.8) is 0 Å². The first-order chi connectivity index (χ1) is 12.7. The molecule has 1 unspecified atom stereocenters. The average molecular weight is 361 g/mol. The summed E-state index contributed by atoms with van der Waals surface area (Å²) in [5.74, 6) is 2.42. The molecule has 0 radical (unpaired) electrons. The Morgan fingerprint density at radius 2 is 1.62 bits per heavy atom. The zero-order chi connectivity index (χ0) is 17.9. The summed E-state index contributed by atoms with van der Waals surface area (Å²) < 4.78 is 2.18. The van der Waals surface area contributed by atoms with Gasteiger partial charge in [0.1, 0.15) is 11.6 Å². The third-order valence-corrected chi connectivity index (χ3v) is 6.25. The Morgan fingerprint density at radius 1 is 0.923 bits per heavy atom. The van der Waals surface area contributed by atoms with Gasteiger partial charge >= 0.3 is 6.03 Å². The van der Waals surface area contributed by atoms with E-state index < -0.39 is 0 Å². The van der Waals surface area contributed by atoms with Gasteiger partial charge in [0.05, 0.1) is 6.54 Å². The first kappa shape index (κ1) is 17.8. The minimum atomic E-state index is 0.225. The molecule has 0 spiro atoms. The fraction of sp³-hybridized carbons (Fsp3) is 0.842. The van der Waals surface area contributed by atoms with E-state index in [2.05, 4.69) is 26.7 Å². The normalized spacial score (nSPS) is 25.0. The summed E-state index contributed by atoms with van der Waals surface area (Å²) >= 11 is 0. The van der Waals surface area contributed by atoms with E-state index in [-0.39, 0.29) is 6.03 Å². The molecule has 1 atom stereocenters. The average Bonchev–Trinajstić information content (AvgIpc) is 3.33. The number of rotatable bonds is 3. The molecule has 3 aliphatic rings. The monoisotopic (exact) mass is 360 g/mol. The number of hydrogen-bond donors (Lipinski definition) is 0. The zero-order valence-electron chi connectivity index (χ0n) is 16.1. The summed E-state index contributed by atoms with van der Waals surface area (Å²) in [7, 11) is 2.09. The van der Waals surface area contributed by atoms with E-state index in [0.29, 0.717) is 5.92 Å². The van der Waals surface area contributed by atoms with Gasteiger partial charge in [0.15, 0.2) is 0 Å². The van der Waals surface area contributed by atoms with Gasteiger partial charge in [-0.3, -0.25) is 4.90 Å². The van der Waals surface area contributed by atoms with Crippen molar-refractivity contribution in [1.82, 2.24) is 29.5 Å². The lowest BCUT2D eigenvalue weighted by molar-refractivity contribution is 0.145. The maximum atomic E-state index is 12.7. The number of piperidine rings is 2. The van der Waals surface area contributed by atoms with E-state index in [1.807, 2.05) is 9.80 Å². The second kappa shape index (κ2) is 7.94. The Bertz CT molecular complexity index is 618. The van der Waals surface area contributed by atoms with Crippen LogP contribution in [-0.4, -0.2) is 74.8 Å². The van der Waals surface area contributed by atoms with Crippen LogP contribution in [0.2, 0.25) is 0 Å². The molecule has 0 aliphatic carbocycles. The van der Waals surface area contributed by atoms with E-state index in [0.717, 1.165) is 70.1 Å². The number of nitrogens with zero attached hydrogens (tertiary/aromatic N) is 6. The molecular weight excluding hydrogens is 328 g/mol. The van der Waals surface area contributed by atoms with Crippen LogP contribution in [0.1, 0.15) is 62.5 Å². The molecule has 3 fully saturated rings. The van der Waals surface area contributed by atoms with Crippen molar-refractivity contribution in [2.45, 2.75) is 57.4 Å². The molecule has 4 rings (SSSR count). The lowest BCUT2D eigenvalue weighted by atomic mass is 9.97. The quantitative estimate of drug-likeness (QED) is 0.829. The highest BCUT2D eigenvalue weighted by Gasteiger charge is 2.31. The molecule has 1 aromatic heterocycles. The Morgan fingerprint density at radius 3 is 2.38 bits per heavy atom. The lowest BCUT2D eigenvalue weighted by Crippen LogP contribution is -2.46. The Kier molecular flexibility index (Phi) is 5.43. The van der Waals surface area contributed by atoms with Crippen molar-refractivity contribution in [3.05, 3.63) is 11.6 Å². The SMILES string of the molecule is Cn1c(CN2CCCCC2)nnc1C1CCCN(C(=O)N2CCCC2)C1. The molecule has 1 aromatic rings. The molecule has 144 valence electrons. The summed E-state index contributed by atoms with van der Waals surface area (Å²) in [6, 6.07) is 0.225. The molecule has 0 N–H and O–H groups in total. The molecule has 0 bridgehead atoms. The molecule has 4 heterocycles. The zero-order valence-corrected chi connectivity index (χ0v) is 16.1. The summed E-state index contributed by atoms with van der Waals surface area (Å²) in [5, 5.41) is 9.02. The van der Waals surface area contributed by atoms with Crippen LogP contribution < -0.4 is 0 Å². The van der Waals surface area contributed by atoms with Gasteiger partial charge in [-0.05, 0) is 51.6 Å². The second-order valence-corrected chi connectivity index (χ2v) is 8.13. The van der Waals surface area contributed by atoms with Crippen LogP contribution in [0.25, 0.3) is 0 Å². The van der Waals surface area contributed by atoms with Crippen molar-refractivity contribution in [1.29, 1.82) is 0 Å². The van der Waals surface area contributed by atoms with Crippen LogP contribution in [-0.2, 0) is 13.6 Å². The number of aromatic nitrogens is 3. The minimum Gasteiger partial charge on any atom is -0.325 e. The molecular formula is C19H32N6O. The Labute approximate surface area is 156 Å². The van der Waals surface area contributed by atoms with Crippen LogP contribution in [0.15, 0.2) is 0 Å². The smallest absolute Gasteiger partial charge is 0.320 e. The first-order valence-electron chi connectivity index (χ1n) is 10.4. The minimum absolute atomic E-state index is 0.225. The van der Waals surface area contributed by atoms with Crippen LogP contribution >= 0.6 is 0 Å². The van der Waals surface area contributed by atoms with Gasteiger partial charge in [-0.2, -0.15) is 0 Å². The molecule has 7 nitrogen and oxygen atoms in total. The molecule has 0 saturated carbocycles. The number of urea groups is 1. The lowest BCUT2D eigenvalue weighted by Gasteiger charge is -2.34. The van der Waals surface area contributed by atoms with Crippen LogP contribution in [0.4, 0.5) is 4.79 Å². The molecule has 2 amide bonds. The second-order valence-electron chi connectivity index (χ2n) is 8.13. The van der Waals surface area contributed by atoms with Crippen LogP contribution in [0, 0.1) is 0 Å². The maximum Gasteiger partial charge on any atom is 0.320 e. The first-order valence-corrected chi connectivity index (χ1v) is 10.4. The van der Waals surface area contributed by atoms with Gasteiger partial charge in [-0.1, -0.05) is 6.42 Å². The highest BCUT2D eigenvalue weighted by Crippen LogP contribution is 2.27. The number of amides is 2. The van der Waals surface area contributed by atoms with Crippen molar-refractivity contribution < 1.29 is 4.79 Å². The molecule has 0 aromatic carbocycles. The largest absolute Gasteiger partial charge is 0.325 e. The van der Waals surface area contributed by atoms with Crippen molar-refractivity contribution >= 4 is 6.03 Å². The third-order valence-electron chi connectivity index (χ3n) is 6.25. The van der Waals surface area contributed by atoms with Gasteiger partial charge in [-0.25, -0.2) is 4.79 Å². The third kappa shape index (κ3) is 3.72. The maximum absolute atomic E-state index is 12.7. The summed E-state index contributed by atoms with van der Waals surface area (Å²) in [5.41, 5.74) is 0. The van der Waals surface area contributed by atoms with E-state index in [9.17, 15) is 4.79 Å². The van der Waals surface area contributed by atoms with E-state index >= 15 is 0 Å². The fourth-order valence-electron chi connectivity index (χ4n) is 4.66. The number of carbonyl (C=O) groups is 1. The number of carbonyl (C=O) groups excluding carboxylic acids is 1. The molecule has 26 heavy (non-hydrogen) atoms. The topological polar surface area (TPSA) is 57.5 Å². The number of hydrogen-bond acceptors (Lipinski definition) is 4.